The molecular formula is C21H19N5O3. The zero-order valence-electron chi connectivity index (χ0n) is 16.2. The van der Waals surface area contributed by atoms with Gasteiger partial charge in [-0.05, 0) is 43.3 Å². The molecule has 8 nitrogen and oxygen atoms in total. The van der Waals surface area contributed by atoms with E-state index in [1.165, 1.54) is 7.11 Å². The second kappa shape index (κ2) is 7.59. The number of nitrogens with one attached hydrogen (secondary N) is 1. The molecule has 1 amide bonds. The summed E-state index contributed by atoms with van der Waals surface area (Å²) in [6, 6.07) is 16.3. The Hall–Kier alpha value is -3.94. The minimum Gasteiger partial charge on any atom is -0.497 e. The van der Waals surface area contributed by atoms with Gasteiger partial charge < -0.3 is 14.8 Å². The molecule has 146 valence electrons. The highest BCUT2D eigenvalue weighted by atomic mass is 16.5. The summed E-state index contributed by atoms with van der Waals surface area (Å²) < 4.78 is 12.2. The van der Waals surface area contributed by atoms with Crippen LogP contribution in [-0.4, -0.2) is 39.9 Å². The summed E-state index contributed by atoms with van der Waals surface area (Å²) in [5.41, 5.74) is 3.35. The van der Waals surface area contributed by atoms with Gasteiger partial charge in [-0.1, -0.05) is 12.1 Å². The summed E-state index contributed by atoms with van der Waals surface area (Å²) >= 11 is 0. The molecule has 0 aliphatic rings. The fourth-order valence-electron chi connectivity index (χ4n) is 2.99. The van der Waals surface area contributed by atoms with Crippen molar-refractivity contribution in [3.63, 3.8) is 0 Å². The van der Waals surface area contributed by atoms with Crippen molar-refractivity contribution in [3.8, 4) is 22.8 Å². The Morgan fingerprint density at radius 1 is 1.00 bits per heavy atom. The SMILES string of the molecule is COc1ccc(C(=O)Nc2cccc(-c3ccc4nnc(C)n4n3)c2)c(OC)c1. The second-order valence-corrected chi connectivity index (χ2v) is 6.34. The molecule has 0 unspecified atom stereocenters. The number of anilines is 1. The van der Waals surface area contributed by atoms with E-state index in [1.54, 1.807) is 29.8 Å². The second-order valence-electron chi connectivity index (χ2n) is 6.34. The van der Waals surface area contributed by atoms with Gasteiger partial charge in [0.15, 0.2) is 11.5 Å². The van der Waals surface area contributed by atoms with Gasteiger partial charge in [-0.2, -0.15) is 9.61 Å². The number of fused-ring (bicyclic) bond motifs is 1. The molecular weight excluding hydrogens is 370 g/mol. The number of carbonyl (C=O) groups excluding carboxylic acids is 1. The molecule has 0 saturated carbocycles. The predicted molar refractivity (Wildman–Crippen MR) is 108 cm³/mol. The van der Waals surface area contributed by atoms with Crippen molar-refractivity contribution >= 4 is 17.2 Å². The van der Waals surface area contributed by atoms with Gasteiger partial charge >= 0.3 is 0 Å². The van der Waals surface area contributed by atoms with Crippen molar-refractivity contribution < 1.29 is 14.3 Å². The van der Waals surface area contributed by atoms with E-state index in [4.69, 9.17) is 9.47 Å². The fraction of sp³-hybridized carbons (Fsp3) is 0.143. The molecule has 2 heterocycles. The lowest BCUT2D eigenvalue weighted by Crippen LogP contribution is -2.13. The lowest BCUT2D eigenvalue weighted by molar-refractivity contribution is 0.102. The summed E-state index contributed by atoms with van der Waals surface area (Å²) in [6.45, 7) is 1.84. The van der Waals surface area contributed by atoms with Crippen LogP contribution in [0.5, 0.6) is 11.5 Å². The Labute approximate surface area is 167 Å². The van der Waals surface area contributed by atoms with Gasteiger partial charge in [-0.15, -0.1) is 10.2 Å². The minimum atomic E-state index is -0.278. The highest BCUT2D eigenvalue weighted by Gasteiger charge is 2.14. The third-order valence-electron chi connectivity index (χ3n) is 4.49. The number of hydrogen-bond acceptors (Lipinski definition) is 6. The van der Waals surface area contributed by atoms with Gasteiger partial charge in [0, 0.05) is 17.3 Å². The average Bonchev–Trinajstić information content (AvgIpc) is 3.13. The van der Waals surface area contributed by atoms with Crippen molar-refractivity contribution in [3.05, 3.63) is 66.0 Å². The first-order chi connectivity index (χ1) is 14.1. The molecule has 0 aliphatic carbocycles. The number of carbonyl (C=O) groups is 1. The van der Waals surface area contributed by atoms with E-state index in [0.717, 1.165) is 11.3 Å². The Morgan fingerprint density at radius 3 is 2.66 bits per heavy atom. The number of methoxy groups -OCH3 is 2. The average molecular weight is 389 g/mol. The molecule has 4 aromatic rings. The lowest BCUT2D eigenvalue weighted by atomic mass is 10.1. The summed E-state index contributed by atoms with van der Waals surface area (Å²) in [4.78, 5) is 12.8. The Morgan fingerprint density at radius 2 is 1.86 bits per heavy atom. The van der Waals surface area contributed by atoms with Crippen LogP contribution in [0.4, 0.5) is 5.69 Å². The number of benzene rings is 2. The van der Waals surface area contributed by atoms with Crippen molar-refractivity contribution in [2.75, 3.05) is 19.5 Å². The summed E-state index contributed by atoms with van der Waals surface area (Å²) in [6.07, 6.45) is 0. The lowest BCUT2D eigenvalue weighted by Gasteiger charge is -2.11. The van der Waals surface area contributed by atoms with Crippen LogP contribution in [0.1, 0.15) is 16.2 Å². The zero-order chi connectivity index (χ0) is 20.4. The summed E-state index contributed by atoms with van der Waals surface area (Å²) in [5, 5.41) is 15.5. The predicted octanol–water partition coefficient (Wildman–Crippen LogP) is 3.37. The van der Waals surface area contributed by atoms with E-state index < -0.39 is 0 Å². The first kappa shape index (κ1) is 18.4. The topological polar surface area (TPSA) is 90.6 Å². The number of aromatic nitrogens is 4. The van der Waals surface area contributed by atoms with Gasteiger partial charge in [-0.25, -0.2) is 0 Å². The van der Waals surface area contributed by atoms with Gasteiger partial charge in [-0.3, -0.25) is 4.79 Å². The van der Waals surface area contributed by atoms with Crippen molar-refractivity contribution in [1.82, 2.24) is 19.8 Å². The highest BCUT2D eigenvalue weighted by molar-refractivity contribution is 6.06. The maximum Gasteiger partial charge on any atom is 0.259 e. The van der Waals surface area contributed by atoms with Crippen LogP contribution in [0.2, 0.25) is 0 Å². The standard InChI is InChI=1S/C21H19N5O3/c1-13-23-24-20-10-9-18(25-26(13)20)14-5-4-6-15(11-14)22-21(27)17-8-7-16(28-2)12-19(17)29-3/h4-12H,1-3H3,(H,22,27). The number of aryl methyl sites for hydroxylation is 1. The molecule has 0 radical (unpaired) electrons. The Bertz CT molecular complexity index is 1200. The molecule has 0 spiro atoms. The molecule has 0 aliphatic heterocycles. The van der Waals surface area contributed by atoms with E-state index in [2.05, 4.69) is 20.6 Å². The van der Waals surface area contributed by atoms with Crippen LogP contribution in [0.25, 0.3) is 16.9 Å². The third-order valence-corrected chi connectivity index (χ3v) is 4.49. The quantitative estimate of drug-likeness (QED) is 0.563. The van der Waals surface area contributed by atoms with Crippen molar-refractivity contribution in [1.29, 1.82) is 0 Å². The van der Waals surface area contributed by atoms with E-state index in [-0.39, 0.29) is 5.91 Å². The van der Waals surface area contributed by atoms with E-state index >= 15 is 0 Å². The minimum absolute atomic E-state index is 0.278. The molecule has 0 fully saturated rings. The number of nitrogens with zero attached hydrogens (tertiary/aromatic N) is 4. The van der Waals surface area contributed by atoms with Gasteiger partial charge in [0.2, 0.25) is 0 Å². The number of hydrogen-bond donors (Lipinski definition) is 1. The molecule has 4 rings (SSSR count). The summed E-state index contributed by atoms with van der Waals surface area (Å²) in [7, 11) is 3.08. The molecule has 0 bridgehead atoms. The molecule has 2 aromatic carbocycles. The van der Waals surface area contributed by atoms with Crippen LogP contribution >= 0.6 is 0 Å². The smallest absolute Gasteiger partial charge is 0.259 e. The molecule has 0 saturated heterocycles. The molecule has 8 heteroatoms. The van der Waals surface area contributed by atoms with Gasteiger partial charge in [0.1, 0.15) is 11.5 Å². The van der Waals surface area contributed by atoms with Crippen LogP contribution < -0.4 is 14.8 Å². The van der Waals surface area contributed by atoms with Crippen molar-refractivity contribution in [2.24, 2.45) is 0 Å². The molecule has 0 atom stereocenters. The van der Waals surface area contributed by atoms with E-state index in [1.807, 2.05) is 43.3 Å². The molecule has 1 N–H and O–H groups in total. The van der Waals surface area contributed by atoms with Crippen LogP contribution in [0.15, 0.2) is 54.6 Å². The summed E-state index contributed by atoms with van der Waals surface area (Å²) in [5.74, 6) is 1.48. The van der Waals surface area contributed by atoms with Gasteiger partial charge in [0.05, 0.1) is 25.5 Å². The Balaban J connectivity index is 1.62. The zero-order valence-corrected chi connectivity index (χ0v) is 16.2. The normalized spacial score (nSPS) is 10.7. The first-order valence-corrected chi connectivity index (χ1v) is 8.92. The van der Waals surface area contributed by atoms with E-state index in [0.29, 0.717) is 34.2 Å². The van der Waals surface area contributed by atoms with Gasteiger partial charge in [0.25, 0.3) is 5.91 Å². The number of rotatable bonds is 5. The van der Waals surface area contributed by atoms with E-state index in [9.17, 15) is 4.79 Å². The molecule has 2 aromatic heterocycles. The molecule has 29 heavy (non-hydrogen) atoms. The van der Waals surface area contributed by atoms with Crippen LogP contribution in [0, 0.1) is 6.92 Å². The maximum absolute atomic E-state index is 12.8. The number of ether oxygens (including phenoxy) is 2. The first-order valence-electron chi connectivity index (χ1n) is 8.92. The monoisotopic (exact) mass is 389 g/mol. The largest absolute Gasteiger partial charge is 0.497 e. The maximum atomic E-state index is 12.8. The third kappa shape index (κ3) is 3.60. The Kier molecular flexibility index (Phi) is 4.82. The number of amides is 1. The van der Waals surface area contributed by atoms with Crippen LogP contribution in [-0.2, 0) is 0 Å². The van der Waals surface area contributed by atoms with Crippen molar-refractivity contribution in [2.45, 2.75) is 6.92 Å². The highest BCUT2D eigenvalue weighted by Crippen LogP contribution is 2.26. The van der Waals surface area contributed by atoms with Crippen LogP contribution in [0.3, 0.4) is 0 Å². The fourth-order valence-corrected chi connectivity index (χ4v) is 2.99.